The van der Waals surface area contributed by atoms with E-state index in [0.717, 1.165) is 0 Å². The van der Waals surface area contributed by atoms with E-state index >= 15 is 0 Å². The van der Waals surface area contributed by atoms with E-state index in [1.54, 1.807) is 0 Å². The van der Waals surface area contributed by atoms with Gasteiger partial charge < -0.3 is 0 Å². The zero-order valence-electron chi connectivity index (χ0n) is 56.4. The monoisotopic (exact) mass is 985 g/mol. The fraction of sp³-hybridized carbons (Fsp3) is 1.00. The Balaban J connectivity index is 0. The van der Waals surface area contributed by atoms with Crippen molar-refractivity contribution in [1.82, 2.24) is 0 Å². The van der Waals surface area contributed by atoms with Crippen molar-refractivity contribution in [3.05, 3.63) is 0 Å². The fourth-order valence-corrected chi connectivity index (χ4v) is 15.7. The standard InChI is InChI=1S/C66H132.2C2H6/c1-36-35-37(2)64(29,30)59(24)55(20)52(17)50(15)47(12)45(10)43(8)41(6)42(7)44(9)46(11)48(13)51(16)54(19)57(22)61(26)66(33,34)63(28)58(23)62(27)65(31,32)60(25)56(21)53(18)49(14)40(5)39(4)38(36)3;2*1-2/h36-63H,35H2,1-34H3;2*1-2H3. The molecule has 1 saturated carbocycles. The highest BCUT2D eigenvalue weighted by molar-refractivity contribution is 4.96. The van der Waals surface area contributed by atoms with Crippen LogP contribution in [-0.4, -0.2) is 0 Å². The van der Waals surface area contributed by atoms with Crippen molar-refractivity contribution in [2.45, 2.75) is 270 Å². The summed E-state index contributed by atoms with van der Waals surface area (Å²) in [6, 6.07) is 0. The van der Waals surface area contributed by atoms with Crippen molar-refractivity contribution >= 4 is 0 Å². The first-order chi connectivity index (χ1) is 31.7. The van der Waals surface area contributed by atoms with Gasteiger partial charge in [-0.2, -0.15) is 0 Å². The molecule has 1 aliphatic rings. The normalized spacial score (nSPS) is 49.3. The van der Waals surface area contributed by atoms with Crippen LogP contribution in [0.5, 0.6) is 0 Å². The topological polar surface area (TPSA) is 0 Å². The van der Waals surface area contributed by atoms with Crippen LogP contribution in [0, 0.1) is 182 Å². The first kappa shape index (κ1) is 72.1. The molecule has 0 aromatic rings. The van der Waals surface area contributed by atoms with E-state index in [4.69, 9.17) is 0 Å². The molecule has 0 heteroatoms. The Labute approximate surface area is 449 Å². The summed E-state index contributed by atoms with van der Waals surface area (Å²) >= 11 is 0. The van der Waals surface area contributed by atoms with Crippen LogP contribution in [0.15, 0.2) is 0 Å². The van der Waals surface area contributed by atoms with Crippen LogP contribution in [0.3, 0.4) is 0 Å². The molecule has 0 N–H and O–H groups in total. The molecule has 0 amide bonds. The van der Waals surface area contributed by atoms with E-state index < -0.39 is 0 Å². The summed E-state index contributed by atoms with van der Waals surface area (Å²) in [4.78, 5) is 0. The molecule has 1 fully saturated rings. The summed E-state index contributed by atoms with van der Waals surface area (Å²) in [5.41, 5.74) is 0.793. The van der Waals surface area contributed by atoms with Gasteiger partial charge in [0.05, 0.1) is 0 Å². The zero-order valence-corrected chi connectivity index (χ0v) is 56.4. The number of hydrogen-bond donors (Lipinski definition) is 0. The molecule has 0 nitrogen and oxygen atoms in total. The summed E-state index contributed by atoms with van der Waals surface area (Å²) < 4.78 is 0. The smallest absolute Gasteiger partial charge is 0.0298 e. The third-order valence-corrected chi connectivity index (χ3v) is 27.6. The predicted octanol–water partition coefficient (Wildman–Crippen LogP) is 23.3. The molecule has 1 aliphatic carbocycles. The van der Waals surface area contributed by atoms with Crippen LogP contribution in [0.4, 0.5) is 0 Å². The zero-order chi connectivity index (χ0) is 56.4. The molecule has 0 spiro atoms. The Morgan fingerprint density at radius 3 is 0.529 bits per heavy atom. The maximum atomic E-state index is 2.64. The van der Waals surface area contributed by atoms with Gasteiger partial charge in [-0.3, -0.25) is 0 Å². The van der Waals surface area contributed by atoms with Gasteiger partial charge in [0.15, 0.2) is 0 Å². The van der Waals surface area contributed by atoms with Crippen molar-refractivity contribution in [3.63, 3.8) is 0 Å². The summed E-state index contributed by atoms with van der Waals surface area (Å²) in [5, 5.41) is 0. The molecule has 0 bridgehead atoms. The quantitative estimate of drug-likeness (QED) is 0.227. The summed E-state index contributed by atoms with van der Waals surface area (Å²) in [6.45, 7) is 97.2. The summed E-state index contributed by atoms with van der Waals surface area (Å²) in [5.74, 6) is 19.2. The van der Waals surface area contributed by atoms with Crippen LogP contribution in [0.25, 0.3) is 0 Å². The summed E-state index contributed by atoms with van der Waals surface area (Å²) in [7, 11) is 0. The molecule has 424 valence electrons. The van der Waals surface area contributed by atoms with Crippen molar-refractivity contribution in [2.75, 3.05) is 0 Å². The maximum Gasteiger partial charge on any atom is -0.0298 e. The number of hydrogen-bond acceptors (Lipinski definition) is 0. The van der Waals surface area contributed by atoms with Gasteiger partial charge in [-0.05, 0) is 188 Å². The average molecular weight is 986 g/mol. The predicted molar refractivity (Wildman–Crippen MR) is 325 cm³/mol. The minimum atomic E-state index is 0.251. The Bertz CT molecular complexity index is 1370. The van der Waals surface area contributed by atoms with Gasteiger partial charge in [0.25, 0.3) is 0 Å². The van der Waals surface area contributed by atoms with E-state index in [9.17, 15) is 0 Å². The lowest BCUT2D eigenvalue weighted by Crippen LogP contribution is -2.45. The molecule has 0 radical (unpaired) electrons. The van der Waals surface area contributed by atoms with Gasteiger partial charge in [0.2, 0.25) is 0 Å². The third kappa shape index (κ3) is 16.5. The molecule has 0 heterocycles. The number of rotatable bonds is 0. The lowest BCUT2D eigenvalue weighted by molar-refractivity contribution is -0.0297. The Morgan fingerprint density at radius 2 is 0.329 bits per heavy atom. The van der Waals surface area contributed by atoms with E-state index in [2.05, 4.69) is 235 Å². The highest BCUT2D eigenvalue weighted by Crippen LogP contribution is 2.54. The minimum absolute atomic E-state index is 0.251. The summed E-state index contributed by atoms with van der Waals surface area (Å²) in [6.07, 6.45) is 1.33. The minimum Gasteiger partial charge on any atom is -0.0683 e. The molecule has 0 saturated heterocycles. The largest absolute Gasteiger partial charge is 0.0683 e. The molecule has 70 heavy (non-hydrogen) atoms. The van der Waals surface area contributed by atoms with Crippen LogP contribution in [0.1, 0.15) is 270 Å². The van der Waals surface area contributed by atoms with Crippen molar-refractivity contribution in [1.29, 1.82) is 0 Å². The van der Waals surface area contributed by atoms with Gasteiger partial charge in [-0.25, -0.2) is 0 Å². The molecule has 28 atom stereocenters. The lowest BCUT2D eigenvalue weighted by Gasteiger charge is -2.51. The Hall–Kier alpha value is 0. The van der Waals surface area contributed by atoms with E-state index in [1.165, 1.54) is 6.42 Å². The van der Waals surface area contributed by atoms with Crippen molar-refractivity contribution in [3.8, 4) is 0 Å². The highest BCUT2D eigenvalue weighted by Gasteiger charge is 2.47. The van der Waals surface area contributed by atoms with Gasteiger partial charge in [0, 0.05) is 0 Å². The lowest BCUT2D eigenvalue weighted by atomic mass is 9.54. The highest BCUT2D eigenvalue weighted by atomic mass is 14.5. The molecule has 0 aliphatic heterocycles. The van der Waals surface area contributed by atoms with Gasteiger partial charge in [-0.15, -0.1) is 0 Å². The van der Waals surface area contributed by atoms with E-state index in [-0.39, 0.29) is 10.8 Å². The Kier molecular flexibility index (Phi) is 31.0. The third-order valence-electron chi connectivity index (χ3n) is 27.6. The van der Waals surface area contributed by atoms with Gasteiger partial charge >= 0.3 is 0 Å². The molecule has 0 aromatic heterocycles. The van der Waals surface area contributed by atoms with E-state index in [1.807, 2.05) is 27.7 Å². The first-order valence-electron chi connectivity index (χ1n) is 31.7. The molecule has 1 rings (SSSR count). The molecule has 0 aromatic carbocycles. The van der Waals surface area contributed by atoms with Gasteiger partial charge in [-0.1, -0.05) is 263 Å². The fourth-order valence-electron chi connectivity index (χ4n) is 15.7. The molecular formula is C70H144. The SMILES string of the molecule is CC.CC.CC1CC(C)C(C)(C)C(C)C(C)C(C)C(C)C(C)C(C)C(C)C(C)C(C)C(C)C(C)C(C)C(C)C(C)C(C)C(C)C(C)(C)C(C)C(C)C(C)C(C)(C)C(C)C(C)C(C)C(C)C(C)C(C)C1C. The average Bonchev–Trinajstić information content (AvgIpc) is 3.35. The van der Waals surface area contributed by atoms with Crippen LogP contribution < -0.4 is 0 Å². The second-order valence-corrected chi connectivity index (χ2v) is 29.6. The first-order valence-corrected chi connectivity index (χ1v) is 31.7. The maximum absolute atomic E-state index is 2.64. The molecular weight excluding hydrogens is 841 g/mol. The van der Waals surface area contributed by atoms with Crippen LogP contribution in [0.2, 0.25) is 0 Å². The van der Waals surface area contributed by atoms with Crippen LogP contribution >= 0.6 is 0 Å². The van der Waals surface area contributed by atoms with Crippen molar-refractivity contribution < 1.29 is 0 Å². The van der Waals surface area contributed by atoms with Crippen LogP contribution in [-0.2, 0) is 0 Å². The second-order valence-electron chi connectivity index (χ2n) is 29.6. The van der Waals surface area contributed by atoms with E-state index in [0.29, 0.717) is 171 Å². The second kappa shape index (κ2) is 30.1. The van der Waals surface area contributed by atoms with Gasteiger partial charge in [0.1, 0.15) is 0 Å². The van der Waals surface area contributed by atoms with Crippen molar-refractivity contribution in [2.24, 2.45) is 182 Å². The Morgan fingerprint density at radius 1 is 0.186 bits per heavy atom. The molecule has 28 unspecified atom stereocenters.